The van der Waals surface area contributed by atoms with E-state index in [0.717, 1.165) is 13.0 Å². The van der Waals surface area contributed by atoms with Crippen molar-refractivity contribution in [1.29, 1.82) is 0 Å². The Morgan fingerprint density at radius 3 is 2.91 bits per heavy atom. The Kier molecular flexibility index (Phi) is 6.02. The fraction of sp³-hybridized carbons (Fsp3) is 0.467. The summed E-state index contributed by atoms with van der Waals surface area (Å²) in [6.45, 7) is 6.18. The Morgan fingerprint density at radius 2 is 2.18 bits per heavy atom. The molecule has 7 nitrogen and oxygen atoms in total. The average Bonchev–Trinajstić information content (AvgIpc) is 3.04. The molecule has 22 heavy (non-hydrogen) atoms. The normalized spacial score (nSPS) is 10.9. The zero-order valence-electron chi connectivity index (χ0n) is 12.9. The van der Waals surface area contributed by atoms with Gasteiger partial charge in [-0.3, -0.25) is 4.79 Å². The summed E-state index contributed by atoms with van der Waals surface area (Å²) in [5.74, 6) is 0.382. The van der Waals surface area contributed by atoms with Gasteiger partial charge in [-0.15, -0.1) is 5.10 Å². The number of carbonyl (C=O) groups excluding carboxylic acids is 1. The van der Waals surface area contributed by atoms with Crippen molar-refractivity contribution in [2.24, 2.45) is 5.92 Å². The second kappa shape index (κ2) is 8.23. The lowest BCUT2D eigenvalue weighted by Crippen LogP contribution is -2.26. The van der Waals surface area contributed by atoms with E-state index < -0.39 is 0 Å². The van der Waals surface area contributed by atoms with Crippen LogP contribution in [0.3, 0.4) is 0 Å². The predicted octanol–water partition coefficient (Wildman–Crippen LogP) is 1.45. The van der Waals surface area contributed by atoms with Crippen LogP contribution >= 0.6 is 0 Å². The SMILES string of the molecule is CC(C)COCCCNC(=O)c1ccccc1-n1cnnn1. The second-order valence-corrected chi connectivity index (χ2v) is 5.35. The number of ether oxygens (including phenoxy) is 1. The number of amides is 1. The van der Waals surface area contributed by atoms with Crippen LogP contribution in [-0.2, 0) is 4.74 Å². The molecule has 1 aromatic heterocycles. The van der Waals surface area contributed by atoms with Crippen LogP contribution in [-0.4, -0.2) is 45.9 Å². The Balaban J connectivity index is 1.86. The highest BCUT2D eigenvalue weighted by molar-refractivity contribution is 5.97. The van der Waals surface area contributed by atoms with E-state index in [1.165, 1.54) is 11.0 Å². The van der Waals surface area contributed by atoms with Crippen LogP contribution in [0.5, 0.6) is 0 Å². The molecule has 1 aromatic carbocycles. The highest BCUT2D eigenvalue weighted by Crippen LogP contribution is 2.12. The van der Waals surface area contributed by atoms with Gasteiger partial charge in [-0.2, -0.15) is 4.68 Å². The lowest BCUT2D eigenvalue weighted by atomic mass is 10.1. The summed E-state index contributed by atoms with van der Waals surface area (Å²) in [7, 11) is 0. The fourth-order valence-corrected chi connectivity index (χ4v) is 1.93. The average molecular weight is 303 g/mol. The predicted molar refractivity (Wildman–Crippen MR) is 81.8 cm³/mol. The number of nitrogens with zero attached hydrogens (tertiary/aromatic N) is 4. The summed E-state index contributed by atoms with van der Waals surface area (Å²) in [6.07, 6.45) is 2.25. The van der Waals surface area contributed by atoms with Gasteiger partial charge in [0.25, 0.3) is 5.91 Å². The van der Waals surface area contributed by atoms with Gasteiger partial charge in [0, 0.05) is 19.8 Å². The molecule has 0 saturated carbocycles. The van der Waals surface area contributed by atoms with E-state index >= 15 is 0 Å². The molecule has 2 aromatic rings. The van der Waals surface area contributed by atoms with Crippen molar-refractivity contribution in [2.45, 2.75) is 20.3 Å². The van der Waals surface area contributed by atoms with Gasteiger partial charge in [-0.1, -0.05) is 26.0 Å². The van der Waals surface area contributed by atoms with Crippen molar-refractivity contribution >= 4 is 5.91 Å². The van der Waals surface area contributed by atoms with Crippen molar-refractivity contribution in [3.63, 3.8) is 0 Å². The van der Waals surface area contributed by atoms with E-state index in [1.807, 2.05) is 12.1 Å². The first-order valence-corrected chi connectivity index (χ1v) is 7.37. The first kappa shape index (κ1) is 16.1. The van der Waals surface area contributed by atoms with Crippen LogP contribution in [0.4, 0.5) is 0 Å². The molecule has 0 saturated heterocycles. The molecule has 1 amide bonds. The summed E-state index contributed by atoms with van der Waals surface area (Å²) in [4.78, 5) is 12.3. The molecule has 0 unspecified atom stereocenters. The van der Waals surface area contributed by atoms with E-state index in [2.05, 4.69) is 34.7 Å². The third kappa shape index (κ3) is 4.63. The number of rotatable bonds is 8. The monoisotopic (exact) mass is 303 g/mol. The number of carbonyl (C=O) groups is 1. The minimum atomic E-state index is -0.144. The smallest absolute Gasteiger partial charge is 0.253 e. The number of hydrogen-bond donors (Lipinski definition) is 1. The van der Waals surface area contributed by atoms with Crippen molar-refractivity contribution in [3.8, 4) is 5.69 Å². The van der Waals surface area contributed by atoms with Crippen molar-refractivity contribution in [1.82, 2.24) is 25.5 Å². The molecule has 1 heterocycles. The van der Waals surface area contributed by atoms with Gasteiger partial charge in [0.05, 0.1) is 11.3 Å². The molecule has 0 aliphatic heterocycles. The number of nitrogens with one attached hydrogen (secondary N) is 1. The molecular weight excluding hydrogens is 282 g/mol. The zero-order chi connectivity index (χ0) is 15.8. The molecule has 0 spiro atoms. The highest BCUT2D eigenvalue weighted by Gasteiger charge is 2.12. The molecule has 118 valence electrons. The first-order valence-electron chi connectivity index (χ1n) is 7.37. The summed E-state index contributed by atoms with van der Waals surface area (Å²) >= 11 is 0. The van der Waals surface area contributed by atoms with Crippen LogP contribution in [0.1, 0.15) is 30.6 Å². The van der Waals surface area contributed by atoms with Crippen molar-refractivity contribution in [2.75, 3.05) is 19.8 Å². The number of benzene rings is 1. The molecule has 2 rings (SSSR count). The van der Waals surface area contributed by atoms with Gasteiger partial charge < -0.3 is 10.1 Å². The first-order chi connectivity index (χ1) is 10.7. The van der Waals surface area contributed by atoms with Gasteiger partial charge in [0.2, 0.25) is 0 Å². The van der Waals surface area contributed by atoms with Crippen LogP contribution in [0.25, 0.3) is 5.69 Å². The topological polar surface area (TPSA) is 81.9 Å². The maximum absolute atomic E-state index is 12.3. The minimum absolute atomic E-state index is 0.144. The van der Waals surface area contributed by atoms with Crippen molar-refractivity contribution in [3.05, 3.63) is 36.2 Å². The van der Waals surface area contributed by atoms with E-state index in [0.29, 0.717) is 30.3 Å². The number of tetrazole rings is 1. The molecule has 1 N–H and O–H groups in total. The largest absolute Gasteiger partial charge is 0.381 e. The van der Waals surface area contributed by atoms with Crippen LogP contribution in [0, 0.1) is 5.92 Å². The minimum Gasteiger partial charge on any atom is -0.381 e. The van der Waals surface area contributed by atoms with Gasteiger partial charge in [-0.25, -0.2) is 0 Å². The third-order valence-corrected chi connectivity index (χ3v) is 2.95. The summed E-state index contributed by atoms with van der Waals surface area (Å²) in [5, 5.41) is 13.9. The zero-order valence-corrected chi connectivity index (χ0v) is 12.9. The molecule has 0 fully saturated rings. The molecular formula is C15H21N5O2. The lowest BCUT2D eigenvalue weighted by molar-refractivity contribution is 0.0925. The Morgan fingerprint density at radius 1 is 1.36 bits per heavy atom. The van der Waals surface area contributed by atoms with E-state index in [1.54, 1.807) is 12.1 Å². The lowest BCUT2D eigenvalue weighted by Gasteiger charge is -2.10. The second-order valence-electron chi connectivity index (χ2n) is 5.35. The maximum Gasteiger partial charge on any atom is 0.253 e. The van der Waals surface area contributed by atoms with Gasteiger partial charge in [-0.05, 0) is 34.9 Å². The molecule has 0 aliphatic rings. The van der Waals surface area contributed by atoms with E-state index in [-0.39, 0.29) is 5.91 Å². The maximum atomic E-state index is 12.3. The quantitative estimate of drug-likeness (QED) is 0.747. The third-order valence-electron chi connectivity index (χ3n) is 2.95. The van der Waals surface area contributed by atoms with Gasteiger partial charge >= 0.3 is 0 Å². The van der Waals surface area contributed by atoms with E-state index in [4.69, 9.17) is 4.74 Å². The van der Waals surface area contributed by atoms with Crippen LogP contribution in [0.15, 0.2) is 30.6 Å². The Labute approximate surface area is 129 Å². The summed E-state index contributed by atoms with van der Waals surface area (Å²) in [6, 6.07) is 7.21. The van der Waals surface area contributed by atoms with Gasteiger partial charge in [0.1, 0.15) is 6.33 Å². The number of para-hydroxylation sites is 1. The van der Waals surface area contributed by atoms with Crippen LogP contribution in [0.2, 0.25) is 0 Å². The molecule has 0 radical (unpaired) electrons. The summed E-state index contributed by atoms with van der Waals surface area (Å²) in [5.41, 5.74) is 1.19. The fourth-order valence-electron chi connectivity index (χ4n) is 1.93. The summed E-state index contributed by atoms with van der Waals surface area (Å²) < 4.78 is 6.96. The highest BCUT2D eigenvalue weighted by atomic mass is 16.5. The molecule has 0 atom stereocenters. The van der Waals surface area contributed by atoms with Gasteiger partial charge in [0.15, 0.2) is 0 Å². The standard InChI is InChI=1S/C15H21N5O2/c1-12(2)10-22-9-5-8-16-15(21)13-6-3-4-7-14(13)20-11-17-18-19-20/h3-4,6-7,11-12H,5,8-10H2,1-2H3,(H,16,21). The van der Waals surface area contributed by atoms with E-state index in [9.17, 15) is 4.79 Å². The molecule has 7 heteroatoms. The molecule has 0 aliphatic carbocycles. The number of hydrogen-bond acceptors (Lipinski definition) is 5. The van der Waals surface area contributed by atoms with Crippen LogP contribution < -0.4 is 5.32 Å². The Hall–Kier alpha value is -2.28. The number of aromatic nitrogens is 4. The Bertz CT molecular complexity index is 583. The molecule has 0 bridgehead atoms. The van der Waals surface area contributed by atoms with Crippen molar-refractivity contribution < 1.29 is 9.53 Å².